The fourth-order valence-electron chi connectivity index (χ4n) is 1.99. The van der Waals surface area contributed by atoms with E-state index >= 15 is 0 Å². The van der Waals surface area contributed by atoms with Gasteiger partial charge in [-0.25, -0.2) is 17.8 Å². The van der Waals surface area contributed by atoms with E-state index in [1.807, 2.05) is 0 Å². The Hall–Kier alpha value is -2.49. The lowest BCUT2D eigenvalue weighted by Gasteiger charge is -2.11. The first-order valence-corrected chi connectivity index (χ1v) is 8.41. The molecule has 0 aliphatic rings. The first-order valence-electron chi connectivity index (χ1n) is 6.92. The van der Waals surface area contributed by atoms with Crippen LogP contribution in [0.5, 0.6) is 0 Å². The van der Waals surface area contributed by atoms with Gasteiger partial charge in [-0.2, -0.15) is 13.2 Å². The maximum Gasteiger partial charge on any atom is 0.503 e. The first kappa shape index (κ1) is 18.8. The Labute approximate surface area is 140 Å². The third kappa shape index (κ3) is 4.13. The van der Waals surface area contributed by atoms with Crippen LogP contribution in [0.15, 0.2) is 47.6 Å². The van der Waals surface area contributed by atoms with Crippen molar-refractivity contribution in [2.75, 3.05) is 6.54 Å². The molecule has 0 unspecified atom stereocenters. The Bertz CT molecular complexity index is 882. The quantitative estimate of drug-likeness (QED) is 0.814. The van der Waals surface area contributed by atoms with Crippen LogP contribution in [0, 0.1) is 5.82 Å². The van der Waals surface area contributed by atoms with Gasteiger partial charge in [0.2, 0.25) is 0 Å². The molecule has 1 amide bonds. The number of alkyl halides is 3. The Kier molecular flexibility index (Phi) is 5.41. The summed E-state index contributed by atoms with van der Waals surface area (Å²) in [7, 11) is -5.77. The number of carbonyl (C=O) groups excluding carboxylic acids is 1. The standard InChI is InChI=1S/C15H12F4N2O3S/c16-12-6-2-1-4-10(12)7-9-20-13(22)11-5-3-8-21-14(11)25(23,24)15(17,18)19/h1-6,8H,7,9H2,(H,20,22). The van der Waals surface area contributed by atoms with Crippen LogP contribution in [0.2, 0.25) is 0 Å². The molecule has 1 aromatic carbocycles. The Balaban J connectivity index is 2.17. The van der Waals surface area contributed by atoms with E-state index in [1.54, 1.807) is 6.07 Å². The van der Waals surface area contributed by atoms with Gasteiger partial charge >= 0.3 is 5.51 Å². The van der Waals surface area contributed by atoms with E-state index in [1.165, 1.54) is 18.2 Å². The SMILES string of the molecule is O=C(NCCc1ccccc1F)c1cccnc1S(=O)(=O)C(F)(F)F. The van der Waals surface area contributed by atoms with Gasteiger partial charge in [0.05, 0.1) is 5.56 Å². The van der Waals surface area contributed by atoms with Gasteiger partial charge in [-0.1, -0.05) is 18.2 Å². The summed E-state index contributed by atoms with van der Waals surface area (Å²) >= 11 is 0. The van der Waals surface area contributed by atoms with Gasteiger partial charge in [0.1, 0.15) is 5.82 Å². The maximum absolute atomic E-state index is 13.5. The van der Waals surface area contributed by atoms with E-state index in [0.717, 1.165) is 18.3 Å². The van der Waals surface area contributed by atoms with Gasteiger partial charge in [-0.3, -0.25) is 4.79 Å². The average molecular weight is 376 g/mol. The van der Waals surface area contributed by atoms with Crippen LogP contribution in [0.25, 0.3) is 0 Å². The zero-order valence-corrected chi connectivity index (χ0v) is 13.4. The Morgan fingerprint density at radius 3 is 2.44 bits per heavy atom. The van der Waals surface area contributed by atoms with Gasteiger partial charge in [-0.15, -0.1) is 0 Å². The molecular formula is C15H12F4N2O3S. The van der Waals surface area contributed by atoms with Crippen molar-refractivity contribution in [1.82, 2.24) is 10.3 Å². The third-order valence-electron chi connectivity index (χ3n) is 3.21. The number of halogens is 4. The number of aromatic nitrogens is 1. The molecule has 0 bridgehead atoms. The van der Waals surface area contributed by atoms with E-state index < -0.39 is 37.7 Å². The van der Waals surface area contributed by atoms with Gasteiger partial charge < -0.3 is 5.32 Å². The molecule has 0 aliphatic carbocycles. The molecule has 1 N–H and O–H groups in total. The average Bonchev–Trinajstić information content (AvgIpc) is 2.55. The van der Waals surface area contributed by atoms with Crippen molar-refractivity contribution >= 4 is 15.7 Å². The predicted octanol–water partition coefficient (Wildman–Crippen LogP) is 2.49. The van der Waals surface area contributed by atoms with Gasteiger partial charge in [0.15, 0.2) is 5.03 Å². The molecule has 0 fully saturated rings. The van der Waals surface area contributed by atoms with Crippen molar-refractivity contribution in [3.8, 4) is 0 Å². The van der Waals surface area contributed by atoms with Crippen LogP contribution in [0.3, 0.4) is 0 Å². The van der Waals surface area contributed by atoms with Crippen LogP contribution < -0.4 is 5.32 Å². The molecule has 0 saturated heterocycles. The van der Waals surface area contributed by atoms with E-state index in [4.69, 9.17) is 0 Å². The highest BCUT2D eigenvalue weighted by atomic mass is 32.2. The number of benzene rings is 1. The number of pyridine rings is 1. The molecule has 1 heterocycles. The van der Waals surface area contributed by atoms with Crippen LogP contribution in [0.1, 0.15) is 15.9 Å². The number of nitrogens with one attached hydrogen (secondary N) is 1. The largest absolute Gasteiger partial charge is 0.503 e. The molecule has 5 nitrogen and oxygen atoms in total. The highest BCUT2D eigenvalue weighted by molar-refractivity contribution is 7.92. The van der Waals surface area contributed by atoms with E-state index in [-0.39, 0.29) is 13.0 Å². The zero-order valence-electron chi connectivity index (χ0n) is 12.5. The lowest BCUT2D eigenvalue weighted by molar-refractivity contribution is -0.0438. The number of hydrogen-bond acceptors (Lipinski definition) is 4. The molecule has 0 saturated carbocycles. The van der Waals surface area contributed by atoms with Crippen LogP contribution in [-0.2, 0) is 16.3 Å². The number of hydrogen-bond donors (Lipinski definition) is 1. The molecule has 0 spiro atoms. The molecular weight excluding hydrogens is 364 g/mol. The normalized spacial score (nSPS) is 12.0. The topological polar surface area (TPSA) is 76.1 Å². The minimum Gasteiger partial charge on any atom is -0.352 e. The lowest BCUT2D eigenvalue weighted by Crippen LogP contribution is -2.31. The van der Waals surface area contributed by atoms with Gasteiger partial charge in [-0.05, 0) is 30.2 Å². The lowest BCUT2D eigenvalue weighted by atomic mass is 10.1. The molecule has 25 heavy (non-hydrogen) atoms. The van der Waals surface area contributed by atoms with E-state index in [0.29, 0.717) is 5.56 Å². The second kappa shape index (κ2) is 7.18. The fraction of sp³-hybridized carbons (Fsp3) is 0.200. The summed E-state index contributed by atoms with van der Waals surface area (Å²) in [6.07, 6.45) is 0.925. The van der Waals surface area contributed by atoms with Crippen molar-refractivity contribution < 1.29 is 30.8 Å². The fourth-order valence-corrected chi connectivity index (χ4v) is 2.86. The summed E-state index contributed by atoms with van der Waals surface area (Å²) in [5.74, 6) is -1.54. The minimum absolute atomic E-state index is 0.0834. The maximum atomic E-state index is 13.5. The molecule has 2 rings (SSSR count). The van der Waals surface area contributed by atoms with Gasteiger partial charge in [0.25, 0.3) is 15.7 Å². The van der Waals surface area contributed by atoms with Crippen LogP contribution in [-0.4, -0.2) is 31.4 Å². The summed E-state index contributed by atoms with van der Waals surface area (Å²) in [6.45, 7) is -0.0971. The smallest absolute Gasteiger partial charge is 0.352 e. The van der Waals surface area contributed by atoms with Crippen molar-refractivity contribution in [2.24, 2.45) is 0 Å². The number of nitrogens with zero attached hydrogens (tertiary/aromatic N) is 1. The van der Waals surface area contributed by atoms with Crippen LogP contribution >= 0.6 is 0 Å². The van der Waals surface area contributed by atoms with Crippen molar-refractivity contribution in [3.05, 3.63) is 59.5 Å². The van der Waals surface area contributed by atoms with Crippen molar-refractivity contribution in [1.29, 1.82) is 0 Å². The highest BCUT2D eigenvalue weighted by Crippen LogP contribution is 2.30. The van der Waals surface area contributed by atoms with Crippen LogP contribution in [0.4, 0.5) is 17.6 Å². The summed E-state index contributed by atoms with van der Waals surface area (Å²) < 4.78 is 74.5. The van der Waals surface area contributed by atoms with Crippen molar-refractivity contribution in [2.45, 2.75) is 17.0 Å². The molecule has 10 heteroatoms. The zero-order chi connectivity index (χ0) is 18.7. The predicted molar refractivity (Wildman–Crippen MR) is 79.9 cm³/mol. The summed E-state index contributed by atoms with van der Waals surface area (Å²) in [5.41, 5.74) is -6.01. The molecule has 0 radical (unpaired) electrons. The first-order chi connectivity index (χ1) is 11.6. The summed E-state index contributed by atoms with van der Waals surface area (Å²) in [4.78, 5) is 15.2. The van der Waals surface area contributed by atoms with Crippen molar-refractivity contribution in [3.63, 3.8) is 0 Å². The van der Waals surface area contributed by atoms with Gasteiger partial charge in [0, 0.05) is 12.7 Å². The number of carbonyl (C=O) groups is 1. The molecule has 0 aliphatic heterocycles. The molecule has 0 atom stereocenters. The number of amides is 1. The Morgan fingerprint density at radius 2 is 1.80 bits per heavy atom. The van der Waals surface area contributed by atoms with E-state index in [2.05, 4.69) is 10.3 Å². The number of rotatable bonds is 5. The highest BCUT2D eigenvalue weighted by Gasteiger charge is 2.49. The summed E-state index contributed by atoms with van der Waals surface area (Å²) in [5, 5.41) is 0.892. The second-order valence-electron chi connectivity index (χ2n) is 4.90. The minimum atomic E-state index is -5.77. The summed E-state index contributed by atoms with van der Waals surface area (Å²) in [6, 6.07) is 7.86. The van der Waals surface area contributed by atoms with E-state index in [9.17, 15) is 30.8 Å². The molecule has 134 valence electrons. The molecule has 1 aromatic heterocycles. The second-order valence-corrected chi connectivity index (χ2v) is 6.76. The monoisotopic (exact) mass is 376 g/mol. The third-order valence-corrected chi connectivity index (χ3v) is 4.66. The Morgan fingerprint density at radius 1 is 1.12 bits per heavy atom. The molecule has 2 aromatic rings. The number of sulfone groups is 1.